The molecule has 0 aromatic heterocycles. The monoisotopic (exact) mass is 549 g/mol. The molecular formula is C27H36ClN3O5S. The highest BCUT2D eigenvalue weighted by atomic mass is 35.5. The first-order valence-corrected chi connectivity index (χ1v) is 14.2. The first kappa shape index (κ1) is 29.7. The molecule has 0 bridgehead atoms. The van der Waals surface area contributed by atoms with Crippen LogP contribution in [0.5, 0.6) is 0 Å². The molecule has 3 unspecified atom stereocenters. The molecule has 37 heavy (non-hydrogen) atoms. The van der Waals surface area contributed by atoms with Crippen LogP contribution >= 0.6 is 23.4 Å². The number of amides is 1. The maximum absolute atomic E-state index is 13.1. The van der Waals surface area contributed by atoms with Crippen LogP contribution in [0.3, 0.4) is 0 Å². The Kier molecular flexibility index (Phi) is 11.5. The van der Waals surface area contributed by atoms with E-state index in [1.165, 1.54) is 17.3 Å². The molecule has 1 aromatic carbocycles. The second-order valence-electron chi connectivity index (χ2n) is 9.41. The summed E-state index contributed by atoms with van der Waals surface area (Å²) in [5.74, 6) is -0.267. The van der Waals surface area contributed by atoms with Gasteiger partial charge in [0.15, 0.2) is 0 Å². The van der Waals surface area contributed by atoms with Crippen molar-refractivity contribution in [3.63, 3.8) is 0 Å². The first-order valence-electron chi connectivity index (χ1n) is 12.5. The van der Waals surface area contributed by atoms with Gasteiger partial charge < -0.3 is 30.7 Å². The molecule has 202 valence electrons. The van der Waals surface area contributed by atoms with Crippen molar-refractivity contribution in [1.82, 2.24) is 10.6 Å². The average molecular weight is 550 g/mol. The predicted molar refractivity (Wildman–Crippen MR) is 145 cm³/mol. The number of thioether (sulfide) groups is 1. The molecule has 0 spiro atoms. The van der Waals surface area contributed by atoms with Crippen LogP contribution in [0.1, 0.15) is 37.3 Å². The number of aliphatic hydroxyl groups excluding tert-OH is 3. The number of halogens is 1. The molecule has 3 rings (SSSR count). The zero-order valence-electron chi connectivity index (χ0n) is 21.1. The number of nitriles is 1. The van der Waals surface area contributed by atoms with Crippen LogP contribution in [0.4, 0.5) is 0 Å². The molecule has 2 aliphatic rings. The van der Waals surface area contributed by atoms with Crippen LogP contribution < -0.4 is 10.6 Å². The smallest absolute Gasteiger partial charge is 0.237 e. The van der Waals surface area contributed by atoms with E-state index in [1.807, 2.05) is 24.3 Å². The van der Waals surface area contributed by atoms with E-state index in [0.29, 0.717) is 18.5 Å². The number of allylic oxidation sites excluding steroid dienone is 2. The fourth-order valence-corrected chi connectivity index (χ4v) is 5.40. The zero-order chi connectivity index (χ0) is 26.9. The molecule has 8 nitrogen and oxygen atoms in total. The van der Waals surface area contributed by atoms with Gasteiger partial charge >= 0.3 is 0 Å². The second kappa shape index (κ2) is 14.3. The van der Waals surface area contributed by atoms with Gasteiger partial charge in [0, 0.05) is 0 Å². The lowest BCUT2D eigenvalue weighted by Crippen LogP contribution is -2.65. The molecule has 2 heterocycles. The highest BCUT2D eigenvalue weighted by Gasteiger charge is 2.48. The standard InChI is InChI=1S/C27H36ClN3O5S/c1-16(28)21(25-23(33)22(32)24(34)27(36-25)37-2)31-26(35)20-12-11-18(13-14-30-20)6-4-3-5-17-7-9-19(15-29)10-8-17/h4,6-11,16,20-25,27,30,32-34H,3,5,12-14H2,1-2H3,(H,31,35)/b6-4+/t16-,20-,21+,22?,23?,24+,25+,27?/m0/s1. The predicted octanol–water partition coefficient (Wildman–Crippen LogP) is 2.01. The van der Waals surface area contributed by atoms with Gasteiger partial charge in [-0.2, -0.15) is 5.26 Å². The first-order chi connectivity index (χ1) is 17.7. The molecule has 1 aromatic rings. The van der Waals surface area contributed by atoms with Crippen molar-refractivity contribution >= 4 is 29.3 Å². The number of alkyl halides is 1. The number of aliphatic hydroxyl groups is 3. The van der Waals surface area contributed by atoms with Crippen LogP contribution in [0, 0.1) is 11.3 Å². The number of rotatable bonds is 9. The number of hydrogen-bond acceptors (Lipinski definition) is 8. The molecule has 1 amide bonds. The minimum Gasteiger partial charge on any atom is -0.388 e. The minimum absolute atomic E-state index is 0.267. The Balaban J connectivity index is 1.56. The van der Waals surface area contributed by atoms with Crippen molar-refractivity contribution in [2.75, 3.05) is 12.8 Å². The molecule has 0 radical (unpaired) electrons. The molecule has 10 heteroatoms. The Morgan fingerprint density at radius 1 is 1.30 bits per heavy atom. The SMILES string of the molecule is CSC1O[C@H]([C@H](NC(=O)[C@@H]2CC=C(/C=C/CCc3ccc(C#N)cc3)CCN2)[C@H](C)Cl)C(O)C(O)[C@H]1O. The number of nitrogens with zero attached hydrogens (tertiary/aromatic N) is 1. The summed E-state index contributed by atoms with van der Waals surface area (Å²) >= 11 is 7.59. The highest BCUT2D eigenvalue weighted by Crippen LogP contribution is 2.30. The number of ether oxygens (including phenoxy) is 1. The summed E-state index contributed by atoms with van der Waals surface area (Å²) in [6.45, 7) is 2.32. The Labute approximate surface area is 227 Å². The molecule has 1 saturated heterocycles. The van der Waals surface area contributed by atoms with Crippen molar-refractivity contribution < 1.29 is 24.9 Å². The highest BCUT2D eigenvalue weighted by molar-refractivity contribution is 7.99. The Morgan fingerprint density at radius 3 is 2.68 bits per heavy atom. The number of benzene rings is 1. The van der Waals surface area contributed by atoms with Gasteiger partial charge in [-0.25, -0.2) is 0 Å². The molecule has 5 N–H and O–H groups in total. The molecule has 8 atom stereocenters. The molecule has 0 aliphatic carbocycles. The zero-order valence-corrected chi connectivity index (χ0v) is 22.7. The van der Waals surface area contributed by atoms with Crippen LogP contribution in [0.15, 0.2) is 48.1 Å². The third kappa shape index (κ3) is 8.04. The summed E-state index contributed by atoms with van der Waals surface area (Å²) in [6, 6.07) is 8.48. The molecule has 2 aliphatic heterocycles. The summed E-state index contributed by atoms with van der Waals surface area (Å²) in [5.41, 5.74) is 2.24. The summed E-state index contributed by atoms with van der Waals surface area (Å²) in [7, 11) is 0. The largest absolute Gasteiger partial charge is 0.388 e. The summed E-state index contributed by atoms with van der Waals surface area (Å²) < 4.78 is 5.83. The third-order valence-electron chi connectivity index (χ3n) is 6.75. The molecule has 0 saturated carbocycles. The number of nitrogens with one attached hydrogen (secondary N) is 2. The van der Waals surface area contributed by atoms with Crippen molar-refractivity contribution in [2.24, 2.45) is 0 Å². The third-order valence-corrected chi connectivity index (χ3v) is 7.87. The van der Waals surface area contributed by atoms with Crippen LogP contribution in [-0.4, -0.2) is 81.3 Å². The van der Waals surface area contributed by atoms with E-state index in [-0.39, 0.29) is 5.91 Å². The number of hydrogen-bond donors (Lipinski definition) is 5. The van der Waals surface area contributed by atoms with E-state index >= 15 is 0 Å². The van der Waals surface area contributed by atoms with Crippen molar-refractivity contribution in [3.05, 3.63) is 59.2 Å². The van der Waals surface area contributed by atoms with Gasteiger partial charge in [-0.3, -0.25) is 4.79 Å². The van der Waals surface area contributed by atoms with Gasteiger partial charge in [0.25, 0.3) is 0 Å². The van der Waals surface area contributed by atoms with Gasteiger partial charge in [-0.1, -0.05) is 35.9 Å². The lowest BCUT2D eigenvalue weighted by Gasteiger charge is -2.44. The average Bonchev–Trinajstić information content (AvgIpc) is 3.15. The Morgan fingerprint density at radius 2 is 2.03 bits per heavy atom. The van der Waals surface area contributed by atoms with E-state index < -0.39 is 47.3 Å². The van der Waals surface area contributed by atoms with Crippen molar-refractivity contribution in [2.45, 2.75) is 79.9 Å². The molecular weight excluding hydrogens is 514 g/mol. The maximum Gasteiger partial charge on any atom is 0.237 e. The fraction of sp³-hybridized carbons (Fsp3) is 0.556. The van der Waals surface area contributed by atoms with E-state index in [9.17, 15) is 20.1 Å². The lowest BCUT2D eigenvalue weighted by molar-refractivity contribution is -0.205. The summed E-state index contributed by atoms with van der Waals surface area (Å²) in [4.78, 5) is 13.1. The van der Waals surface area contributed by atoms with E-state index in [4.69, 9.17) is 21.6 Å². The van der Waals surface area contributed by atoms with E-state index in [0.717, 1.165) is 24.8 Å². The normalized spacial score (nSPS) is 30.1. The van der Waals surface area contributed by atoms with Gasteiger partial charge in [0.05, 0.1) is 29.1 Å². The Hall–Kier alpha value is -1.90. The van der Waals surface area contributed by atoms with E-state index in [2.05, 4.69) is 34.9 Å². The Bertz CT molecular complexity index is 995. The number of carbonyl (C=O) groups excluding carboxylic acids is 1. The number of carbonyl (C=O) groups is 1. The number of aryl methyl sites for hydroxylation is 1. The maximum atomic E-state index is 13.1. The van der Waals surface area contributed by atoms with Crippen LogP contribution in [0.25, 0.3) is 0 Å². The quantitative estimate of drug-likeness (QED) is 0.295. The second-order valence-corrected chi connectivity index (χ2v) is 11.0. The molecule has 1 fully saturated rings. The lowest BCUT2D eigenvalue weighted by atomic mass is 9.93. The summed E-state index contributed by atoms with van der Waals surface area (Å²) in [6.07, 6.45) is 6.02. The summed E-state index contributed by atoms with van der Waals surface area (Å²) in [5, 5.41) is 45.4. The van der Waals surface area contributed by atoms with Crippen LogP contribution in [0.2, 0.25) is 0 Å². The van der Waals surface area contributed by atoms with Crippen LogP contribution in [-0.2, 0) is 16.0 Å². The fourth-order valence-electron chi connectivity index (χ4n) is 4.52. The van der Waals surface area contributed by atoms with E-state index in [1.54, 1.807) is 13.2 Å². The van der Waals surface area contributed by atoms with Gasteiger partial charge in [0.1, 0.15) is 29.9 Å². The minimum atomic E-state index is -1.41. The topological polar surface area (TPSA) is 135 Å². The van der Waals surface area contributed by atoms with Crippen molar-refractivity contribution in [1.29, 1.82) is 5.26 Å². The van der Waals surface area contributed by atoms with Crippen molar-refractivity contribution in [3.8, 4) is 6.07 Å². The van der Waals surface area contributed by atoms with Gasteiger partial charge in [0.2, 0.25) is 5.91 Å². The van der Waals surface area contributed by atoms with Gasteiger partial charge in [-0.15, -0.1) is 23.4 Å². The van der Waals surface area contributed by atoms with Gasteiger partial charge in [-0.05, 0) is 63.1 Å².